The van der Waals surface area contributed by atoms with Gasteiger partial charge in [0.15, 0.2) is 0 Å². The molecule has 2 aliphatic heterocycles. The van der Waals surface area contributed by atoms with Crippen molar-refractivity contribution in [2.24, 2.45) is 0 Å². The zero-order valence-electron chi connectivity index (χ0n) is 23.3. The van der Waals surface area contributed by atoms with E-state index < -0.39 is 5.60 Å². The third-order valence-corrected chi connectivity index (χ3v) is 7.57. The fraction of sp³-hybridized carbons (Fsp3) is 0.552. The van der Waals surface area contributed by atoms with E-state index in [1.165, 1.54) is 5.69 Å². The van der Waals surface area contributed by atoms with Crippen LogP contribution < -0.4 is 15.1 Å². The fourth-order valence-corrected chi connectivity index (χ4v) is 4.91. The van der Waals surface area contributed by atoms with Gasteiger partial charge in [0.25, 0.3) is 0 Å². The molecule has 2 aliphatic rings. The van der Waals surface area contributed by atoms with E-state index in [2.05, 4.69) is 54.1 Å². The highest BCUT2D eigenvalue weighted by Crippen LogP contribution is 2.27. The van der Waals surface area contributed by atoms with Gasteiger partial charge >= 0.3 is 6.09 Å². The van der Waals surface area contributed by atoms with Crippen LogP contribution in [0.2, 0.25) is 10.0 Å². The summed E-state index contributed by atoms with van der Waals surface area (Å²) in [5.74, 6) is 0. The van der Waals surface area contributed by atoms with Crippen LogP contribution in [0.4, 0.5) is 16.2 Å². The summed E-state index contributed by atoms with van der Waals surface area (Å²) < 4.78 is 5.45. The fourth-order valence-electron chi connectivity index (χ4n) is 4.67. The number of hydrogen-bond donors (Lipinski definition) is 1. The minimum atomic E-state index is -0.454. The highest BCUT2D eigenvalue weighted by Gasteiger charge is 2.30. The Balaban J connectivity index is 0.000000220. The molecule has 1 N–H and O–H groups in total. The summed E-state index contributed by atoms with van der Waals surface area (Å²) in [4.78, 5) is 18.7. The molecule has 2 fully saturated rings. The lowest BCUT2D eigenvalue weighted by molar-refractivity contribution is 0.0219. The van der Waals surface area contributed by atoms with Crippen molar-refractivity contribution in [1.29, 1.82) is 0 Å². The molecule has 0 saturated carbocycles. The van der Waals surface area contributed by atoms with Crippen molar-refractivity contribution in [2.75, 3.05) is 49.1 Å². The second-order valence-electron chi connectivity index (χ2n) is 11.1. The van der Waals surface area contributed by atoms with E-state index >= 15 is 0 Å². The van der Waals surface area contributed by atoms with Gasteiger partial charge in [0, 0.05) is 72.8 Å². The molecule has 6 nitrogen and oxygen atoms in total. The van der Waals surface area contributed by atoms with Gasteiger partial charge in [0.2, 0.25) is 0 Å². The first-order valence-corrected chi connectivity index (χ1v) is 13.9. The molecule has 37 heavy (non-hydrogen) atoms. The highest BCUT2D eigenvalue weighted by molar-refractivity contribution is 6.31. The number of amides is 1. The summed E-state index contributed by atoms with van der Waals surface area (Å²) in [6.07, 6.45) is -0.230. The molecule has 2 aromatic rings. The van der Waals surface area contributed by atoms with Crippen molar-refractivity contribution in [3.05, 3.63) is 57.6 Å². The zero-order valence-corrected chi connectivity index (χ0v) is 24.8. The van der Waals surface area contributed by atoms with E-state index in [4.69, 9.17) is 27.9 Å². The van der Waals surface area contributed by atoms with E-state index in [0.29, 0.717) is 19.1 Å². The molecule has 4 rings (SSSR count). The molecule has 2 saturated heterocycles. The Morgan fingerprint density at radius 1 is 0.892 bits per heavy atom. The Bertz CT molecular complexity index is 1070. The maximum Gasteiger partial charge on any atom is 0.410 e. The number of aryl methyl sites for hydroxylation is 2. The summed E-state index contributed by atoms with van der Waals surface area (Å²) in [7, 11) is 0. The SMILES string of the molecule is Cc1cc(N2CCN(C(=O)OC(C)(C)C)C[C@H]2C)ccc1Cl.Cc1cc(N2CCNC[C@H]2C)ccc1Cl. The van der Waals surface area contributed by atoms with Crippen LogP contribution in [0, 0.1) is 13.8 Å². The lowest BCUT2D eigenvalue weighted by Gasteiger charge is -2.41. The first-order valence-electron chi connectivity index (χ1n) is 13.1. The predicted molar refractivity (Wildman–Crippen MR) is 157 cm³/mol. The number of nitrogens with zero attached hydrogens (tertiary/aromatic N) is 3. The highest BCUT2D eigenvalue weighted by atomic mass is 35.5. The molecule has 2 aromatic carbocycles. The summed E-state index contributed by atoms with van der Waals surface area (Å²) in [6, 6.07) is 13.1. The Hall–Kier alpha value is -2.15. The van der Waals surface area contributed by atoms with Gasteiger partial charge in [0.1, 0.15) is 5.60 Å². The first kappa shape index (κ1) is 29.4. The summed E-state index contributed by atoms with van der Waals surface area (Å²) >= 11 is 12.1. The maximum absolute atomic E-state index is 12.2. The van der Waals surface area contributed by atoms with E-state index in [0.717, 1.165) is 53.0 Å². The van der Waals surface area contributed by atoms with E-state index in [1.54, 1.807) is 4.90 Å². The smallest absolute Gasteiger partial charge is 0.410 e. The number of anilines is 2. The van der Waals surface area contributed by atoms with Crippen molar-refractivity contribution in [2.45, 2.75) is 66.2 Å². The standard InChI is InChI=1S/C17H25ClN2O2.C12H17ClN2/c1-12-10-14(6-7-15(12)18)20-9-8-19(11-13(20)2)16(21)22-17(3,4)5;1-9-7-11(3-4-12(9)13)15-6-5-14-8-10(15)2/h6-7,10,13H,8-9,11H2,1-5H3;3-4,7,10,14H,5-6,8H2,1-2H3/t13-;10-/m11/s1. The van der Waals surface area contributed by atoms with Gasteiger partial charge in [-0.25, -0.2) is 4.79 Å². The van der Waals surface area contributed by atoms with Crippen molar-refractivity contribution >= 4 is 40.7 Å². The van der Waals surface area contributed by atoms with Crippen molar-refractivity contribution in [3.8, 4) is 0 Å². The number of hydrogen-bond acceptors (Lipinski definition) is 5. The molecule has 0 aliphatic carbocycles. The Morgan fingerprint density at radius 2 is 1.43 bits per heavy atom. The predicted octanol–water partition coefficient (Wildman–Crippen LogP) is 6.54. The van der Waals surface area contributed by atoms with Crippen LogP contribution in [0.15, 0.2) is 36.4 Å². The number of rotatable bonds is 2. The van der Waals surface area contributed by atoms with Gasteiger partial charge in [-0.3, -0.25) is 0 Å². The minimum absolute atomic E-state index is 0.230. The second-order valence-corrected chi connectivity index (χ2v) is 11.9. The van der Waals surface area contributed by atoms with Gasteiger partial charge in [-0.2, -0.15) is 0 Å². The van der Waals surface area contributed by atoms with Crippen molar-refractivity contribution < 1.29 is 9.53 Å². The lowest BCUT2D eigenvalue weighted by Crippen LogP contribution is -2.54. The molecule has 2 heterocycles. The number of nitrogens with one attached hydrogen (secondary N) is 1. The minimum Gasteiger partial charge on any atom is -0.444 e. The van der Waals surface area contributed by atoms with Crippen LogP contribution in [0.1, 0.15) is 45.7 Å². The summed E-state index contributed by atoms with van der Waals surface area (Å²) in [5, 5.41) is 5.02. The molecule has 0 unspecified atom stereocenters. The molecule has 8 heteroatoms. The van der Waals surface area contributed by atoms with Crippen molar-refractivity contribution in [3.63, 3.8) is 0 Å². The first-order chi connectivity index (χ1) is 17.4. The Labute approximate surface area is 232 Å². The quantitative estimate of drug-likeness (QED) is 0.461. The van der Waals surface area contributed by atoms with Crippen LogP contribution in [0.5, 0.6) is 0 Å². The normalized spacial score (nSPS) is 20.3. The van der Waals surface area contributed by atoms with Gasteiger partial charge in [-0.05, 0) is 96.0 Å². The molecular formula is C29H42Cl2N4O2. The van der Waals surface area contributed by atoms with Gasteiger partial charge in [-0.15, -0.1) is 0 Å². The molecule has 1 amide bonds. The molecule has 0 aromatic heterocycles. The molecular weight excluding hydrogens is 507 g/mol. The van der Waals surface area contributed by atoms with Crippen molar-refractivity contribution in [1.82, 2.24) is 10.2 Å². The maximum atomic E-state index is 12.2. The molecule has 0 spiro atoms. The third-order valence-electron chi connectivity index (χ3n) is 6.73. The molecule has 0 bridgehead atoms. The lowest BCUT2D eigenvalue weighted by atomic mass is 10.1. The van der Waals surface area contributed by atoms with Crippen LogP contribution in [0.3, 0.4) is 0 Å². The summed E-state index contributed by atoms with van der Waals surface area (Å²) in [5.41, 5.74) is 4.20. The number of carbonyl (C=O) groups excluding carboxylic acids is 1. The van der Waals surface area contributed by atoms with E-state index in [1.807, 2.05) is 45.9 Å². The summed E-state index contributed by atoms with van der Waals surface area (Å²) in [6.45, 7) is 19.4. The zero-order chi connectivity index (χ0) is 27.3. The average molecular weight is 550 g/mol. The average Bonchev–Trinajstić information content (AvgIpc) is 2.82. The third kappa shape index (κ3) is 8.17. The number of ether oxygens (including phenoxy) is 1. The second kappa shape index (κ2) is 12.6. The van der Waals surface area contributed by atoms with Gasteiger partial charge < -0.3 is 24.8 Å². The Morgan fingerprint density at radius 3 is 1.89 bits per heavy atom. The number of piperazine rings is 2. The Kier molecular flexibility index (Phi) is 10.0. The molecule has 2 atom stereocenters. The van der Waals surface area contributed by atoms with E-state index in [-0.39, 0.29) is 12.1 Å². The van der Waals surface area contributed by atoms with E-state index in [9.17, 15) is 4.79 Å². The van der Waals surface area contributed by atoms with Crippen LogP contribution in [-0.2, 0) is 4.74 Å². The van der Waals surface area contributed by atoms with Gasteiger partial charge in [-0.1, -0.05) is 23.2 Å². The van der Waals surface area contributed by atoms with Crippen LogP contribution in [0.25, 0.3) is 0 Å². The number of benzene rings is 2. The van der Waals surface area contributed by atoms with Gasteiger partial charge in [0.05, 0.1) is 0 Å². The van der Waals surface area contributed by atoms with Crippen LogP contribution >= 0.6 is 23.2 Å². The number of carbonyl (C=O) groups is 1. The molecule has 204 valence electrons. The number of halogens is 2. The largest absolute Gasteiger partial charge is 0.444 e. The molecule has 0 radical (unpaired) electrons. The monoisotopic (exact) mass is 548 g/mol. The topological polar surface area (TPSA) is 48.1 Å². The van der Waals surface area contributed by atoms with Crippen LogP contribution in [-0.4, -0.2) is 67.9 Å².